The van der Waals surface area contributed by atoms with Gasteiger partial charge in [0.15, 0.2) is 0 Å². The molecule has 0 saturated carbocycles. The smallest absolute Gasteiger partial charge is 0.128 e. The van der Waals surface area contributed by atoms with Gasteiger partial charge in [-0.25, -0.2) is 4.39 Å². The quantitative estimate of drug-likeness (QED) is 0.704. The van der Waals surface area contributed by atoms with Crippen LogP contribution in [0.15, 0.2) is 18.2 Å². The predicted molar refractivity (Wildman–Crippen MR) is 52.6 cm³/mol. The third kappa shape index (κ3) is 2.42. The van der Waals surface area contributed by atoms with E-state index in [1.807, 2.05) is 6.92 Å². The molecule has 4 N–H and O–H groups in total. The topological polar surface area (TPSA) is 52.0 Å². The first-order valence-corrected chi connectivity index (χ1v) is 4.45. The molecule has 0 unspecified atom stereocenters. The number of benzene rings is 1. The molecular formula is C10H15FN2. The Morgan fingerprint density at radius 2 is 2.15 bits per heavy atom. The van der Waals surface area contributed by atoms with Crippen LogP contribution in [0.1, 0.15) is 31.4 Å². The van der Waals surface area contributed by atoms with Gasteiger partial charge in [-0.3, -0.25) is 0 Å². The van der Waals surface area contributed by atoms with Crippen LogP contribution in [0.5, 0.6) is 0 Å². The molecule has 0 spiro atoms. The Balaban J connectivity index is 2.91. The molecule has 0 bridgehead atoms. The normalized spacial score (nSPS) is 12.8. The fourth-order valence-electron chi connectivity index (χ4n) is 1.31. The van der Waals surface area contributed by atoms with Crippen molar-refractivity contribution in [2.24, 2.45) is 5.73 Å². The predicted octanol–water partition coefficient (Wildman–Crippen LogP) is 2.21. The molecule has 0 saturated heterocycles. The van der Waals surface area contributed by atoms with Crippen LogP contribution < -0.4 is 11.5 Å². The second kappa shape index (κ2) is 4.23. The first-order valence-electron chi connectivity index (χ1n) is 4.45. The monoisotopic (exact) mass is 182 g/mol. The molecule has 1 atom stereocenters. The van der Waals surface area contributed by atoms with E-state index >= 15 is 0 Å². The van der Waals surface area contributed by atoms with E-state index in [-0.39, 0.29) is 11.9 Å². The van der Waals surface area contributed by atoms with E-state index in [1.54, 1.807) is 6.07 Å². The first kappa shape index (κ1) is 9.99. The lowest BCUT2D eigenvalue weighted by Gasteiger charge is -2.12. The van der Waals surface area contributed by atoms with Crippen LogP contribution >= 0.6 is 0 Å². The Labute approximate surface area is 77.7 Å². The minimum absolute atomic E-state index is 0.242. The highest BCUT2D eigenvalue weighted by Crippen LogP contribution is 2.21. The fourth-order valence-corrected chi connectivity index (χ4v) is 1.31. The van der Waals surface area contributed by atoms with Crippen LogP contribution in [0, 0.1) is 5.82 Å². The number of anilines is 1. The van der Waals surface area contributed by atoms with Crippen molar-refractivity contribution in [1.29, 1.82) is 0 Å². The molecule has 0 radical (unpaired) electrons. The molecule has 0 aliphatic heterocycles. The molecule has 13 heavy (non-hydrogen) atoms. The molecule has 0 aliphatic carbocycles. The summed E-state index contributed by atoms with van der Waals surface area (Å²) in [5, 5.41) is 0. The summed E-state index contributed by atoms with van der Waals surface area (Å²) in [5.41, 5.74) is 12.4. The lowest BCUT2D eigenvalue weighted by molar-refractivity contribution is 0.560. The Morgan fingerprint density at radius 1 is 1.46 bits per heavy atom. The van der Waals surface area contributed by atoms with Gasteiger partial charge in [0.05, 0.1) is 0 Å². The molecule has 0 aromatic heterocycles. The standard InChI is InChI=1S/C10H15FN2/c1-2-3-10(13)8-6-7(12)4-5-9(8)11/h4-6,10H,2-3,12-13H2,1H3/t10-/m1/s1. The summed E-state index contributed by atoms with van der Waals surface area (Å²) in [6, 6.07) is 4.27. The molecule has 2 nitrogen and oxygen atoms in total. The lowest BCUT2D eigenvalue weighted by Crippen LogP contribution is -2.12. The van der Waals surface area contributed by atoms with E-state index in [0.29, 0.717) is 11.3 Å². The third-order valence-corrected chi connectivity index (χ3v) is 2.02. The van der Waals surface area contributed by atoms with E-state index in [9.17, 15) is 4.39 Å². The third-order valence-electron chi connectivity index (χ3n) is 2.02. The van der Waals surface area contributed by atoms with Gasteiger partial charge in [-0.15, -0.1) is 0 Å². The highest BCUT2D eigenvalue weighted by Gasteiger charge is 2.10. The molecule has 1 aromatic rings. The van der Waals surface area contributed by atoms with Crippen LogP contribution in [0.3, 0.4) is 0 Å². The number of hydrogen-bond donors (Lipinski definition) is 2. The van der Waals surface area contributed by atoms with Gasteiger partial charge in [-0.1, -0.05) is 13.3 Å². The Hall–Kier alpha value is -1.09. The van der Waals surface area contributed by atoms with Crippen molar-refractivity contribution in [3.63, 3.8) is 0 Å². The average molecular weight is 182 g/mol. The van der Waals surface area contributed by atoms with Gasteiger partial charge in [-0.2, -0.15) is 0 Å². The second-order valence-electron chi connectivity index (χ2n) is 3.18. The van der Waals surface area contributed by atoms with E-state index < -0.39 is 0 Å². The van der Waals surface area contributed by atoms with Crippen molar-refractivity contribution in [3.8, 4) is 0 Å². The summed E-state index contributed by atoms with van der Waals surface area (Å²) >= 11 is 0. The highest BCUT2D eigenvalue weighted by atomic mass is 19.1. The highest BCUT2D eigenvalue weighted by molar-refractivity contribution is 5.42. The van der Waals surface area contributed by atoms with Gasteiger partial charge in [0.2, 0.25) is 0 Å². The average Bonchev–Trinajstić information content (AvgIpc) is 2.09. The minimum atomic E-state index is -0.268. The number of halogens is 1. The maximum absolute atomic E-state index is 13.2. The number of nitrogens with two attached hydrogens (primary N) is 2. The molecule has 0 heterocycles. The molecule has 1 rings (SSSR count). The van der Waals surface area contributed by atoms with Gasteiger partial charge >= 0.3 is 0 Å². The summed E-state index contributed by atoms with van der Waals surface area (Å²) in [6.07, 6.45) is 1.72. The summed E-state index contributed by atoms with van der Waals surface area (Å²) in [5.74, 6) is -0.268. The SMILES string of the molecule is CCC[C@@H](N)c1cc(N)ccc1F. The fraction of sp³-hybridized carbons (Fsp3) is 0.400. The van der Waals surface area contributed by atoms with E-state index in [0.717, 1.165) is 12.8 Å². The van der Waals surface area contributed by atoms with Crippen LogP contribution in [0.4, 0.5) is 10.1 Å². The summed E-state index contributed by atoms with van der Waals surface area (Å²) in [7, 11) is 0. The number of rotatable bonds is 3. The number of hydrogen-bond acceptors (Lipinski definition) is 2. The summed E-state index contributed by atoms with van der Waals surface area (Å²) in [4.78, 5) is 0. The molecule has 1 aromatic carbocycles. The van der Waals surface area contributed by atoms with Gasteiger partial charge in [0.25, 0.3) is 0 Å². The molecule has 3 heteroatoms. The van der Waals surface area contributed by atoms with Crippen molar-refractivity contribution in [3.05, 3.63) is 29.6 Å². The molecule has 0 fully saturated rings. The molecule has 0 amide bonds. The zero-order valence-corrected chi connectivity index (χ0v) is 7.76. The molecule has 72 valence electrons. The zero-order valence-electron chi connectivity index (χ0n) is 7.76. The van der Waals surface area contributed by atoms with E-state index in [1.165, 1.54) is 12.1 Å². The van der Waals surface area contributed by atoms with Crippen LogP contribution in [0.25, 0.3) is 0 Å². The first-order chi connectivity index (χ1) is 6.15. The zero-order chi connectivity index (χ0) is 9.84. The van der Waals surface area contributed by atoms with Gasteiger partial charge in [0.1, 0.15) is 5.82 Å². The van der Waals surface area contributed by atoms with E-state index in [2.05, 4.69) is 0 Å². The van der Waals surface area contributed by atoms with Crippen LogP contribution in [0.2, 0.25) is 0 Å². The minimum Gasteiger partial charge on any atom is -0.399 e. The van der Waals surface area contributed by atoms with Crippen molar-refractivity contribution in [1.82, 2.24) is 0 Å². The molecular weight excluding hydrogens is 167 g/mol. The van der Waals surface area contributed by atoms with Crippen molar-refractivity contribution >= 4 is 5.69 Å². The van der Waals surface area contributed by atoms with E-state index in [4.69, 9.17) is 11.5 Å². The van der Waals surface area contributed by atoms with Crippen molar-refractivity contribution < 1.29 is 4.39 Å². The second-order valence-corrected chi connectivity index (χ2v) is 3.18. The van der Waals surface area contributed by atoms with Crippen LogP contribution in [-0.2, 0) is 0 Å². The largest absolute Gasteiger partial charge is 0.399 e. The maximum atomic E-state index is 13.2. The Morgan fingerprint density at radius 3 is 2.77 bits per heavy atom. The Bertz CT molecular complexity index is 286. The number of nitrogen functional groups attached to an aromatic ring is 1. The van der Waals surface area contributed by atoms with Crippen molar-refractivity contribution in [2.45, 2.75) is 25.8 Å². The van der Waals surface area contributed by atoms with Gasteiger partial charge in [-0.05, 0) is 24.6 Å². The lowest BCUT2D eigenvalue weighted by atomic mass is 10.0. The summed E-state index contributed by atoms with van der Waals surface area (Å²) < 4.78 is 13.2. The summed E-state index contributed by atoms with van der Waals surface area (Å²) in [6.45, 7) is 2.02. The maximum Gasteiger partial charge on any atom is 0.128 e. The Kier molecular flexibility index (Phi) is 3.25. The van der Waals surface area contributed by atoms with Crippen LogP contribution in [-0.4, -0.2) is 0 Å². The van der Waals surface area contributed by atoms with Crippen molar-refractivity contribution in [2.75, 3.05) is 5.73 Å². The van der Waals surface area contributed by atoms with Gasteiger partial charge in [0, 0.05) is 17.3 Å². The van der Waals surface area contributed by atoms with Gasteiger partial charge < -0.3 is 11.5 Å². The molecule has 0 aliphatic rings.